The lowest BCUT2D eigenvalue weighted by Gasteiger charge is -2.17. The number of carboxylic acid groups (broad SMARTS) is 1. The molecule has 0 aromatic heterocycles. The standard InChI is InChI=1S/C18H20O3/c1-13(2)15-10-6-7-11-17(15)21-12-16(18(19)20)14-8-4-3-5-9-14/h3-11,13,16H,12H2,1-2H3,(H,19,20). The first-order valence-electron chi connectivity index (χ1n) is 7.09. The van der Waals surface area contributed by atoms with Crippen LogP contribution in [0.5, 0.6) is 5.75 Å². The van der Waals surface area contributed by atoms with Gasteiger partial charge in [0.15, 0.2) is 0 Å². The molecule has 110 valence electrons. The van der Waals surface area contributed by atoms with Gasteiger partial charge < -0.3 is 9.84 Å². The van der Waals surface area contributed by atoms with Crippen molar-refractivity contribution in [3.63, 3.8) is 0 Å². The van der Waals surface area contributed by atoms with Crippen LogP contribution in [0, 0.1) is 0 Å². The number of aliphatic carboxylic acids is 1. The van der Waals surface area contributed by atoms with Gasteiger partial charge in [-0.2, -0.15) is 0 Å². The van der Waals surface area contributed by atoms with Crippen LogP contribution in [0.25, 0.3) is 0 Å². The minimum absolute atomic E-state index is 0.128. The molecule has 1 N–H and O–H groups in total. The zero-order valence-electron chi connectivity index (χ0n) is 12.3. The molecule has 0 saturated heterocycles. The van der Waals surface area contributed by atoms with Crippen molar-refractivity contribution < 1.29 is 14.6 Å². The molecule has 0 aliphatic carbocycles. The Labute approximate surface area is 125 Å². The summed E-state index contributed by atoms with van der Waals surface area (Å²) in [6.45, 7) is 4.31. The normalized spacial score (nSPS) is 12.1. The lowest BCUT2D eigenvalue weighted by molar-refractivity contribution is -0.139. The highest BCUT2D eigenvalue weighted by atomic mass is 16.5. The van der Waals surface area contributed by atoms with E-state index < -0.39 is 11.9 Å². The second-order valence-corrected chi connectivity index (χ2v) is 5.31. The number of ether oxygens (including phenoxy) is 1. The summed E-state index contributed by atoms with van der Waals surface area (Å²) in [4.78, 5) is 11.5. The molecule has 0 radical (unpaired) electrons. The van der Waals surface area contributed by atoms with Crippen molar-refractivity contribution >= 4 is 5.97 Å². The second kappa shape index (κ2) is 6.93. The van der Waals surface area contributed by atoms with Crippen molar-refractivity contribution in [2.75, 3.05) is 6.61 Å². The van der Waals surface area contributed by atoms with Gasteiger partial charge >= 0.3 is 5.97 Å². The summed E-state index contributed by atoms with van der Waals surface area (Å²) < 4.78 is 5.80. The zero-order valence-corrected chi connectivity index (χ0v) is 12.3. The summed E-state index contributed by atoms with van der Waals surface area (Å²) in [5, 5.41) is 9.40. The third-order valence-corrected chi connectivity index (χ3v) is 3.45. The van der Waals surface area contributed by atoms with Gasteiger partial charge in [-0.3, -0.25) is 4.79 Å². The number of para-hydroxylation sites is 1. The van der Waals surface area contributed by atoms with Crippen molar-refractivity contribution in [1.29, 1.82) is 0 Å². The number of carbonyl (C=O) groups is 1. The van der Waals surface area contributed by atoms with E-state index in [-0.39, 0.29) is 6.61 Å². The number of rotatable bonds is 6. The maximum atomic E-state index is 11.5. The van der Waals surface area contributed by atoms with Crippen LogP contribution in [-0.4, -0.2) is 17.7 Å². The summed E-state index contributed by atoms with van der Waals surface area (Å²) >= 11 is 0. The molecule has 3 heteroatoms. The van der Waals surface area contributed by atoms with Crippen LogP contribution in [0.2, 0.25) is 0 Å². The predicted molar refractivity (Wildman–Crippen MR) is 82.8 cm³/mol. The average Bonchev–Trinajstić information content (AvgIpc) is 2.48. The lowest BCUT2D eigenvalue weighted by atomic mass is 10.00. The first-order chi connectivity index (χ1) is 10.1. The Morgan fingerprint density at radius 3 is 2.29 bits per heavy atom. The number of hydrogen-bond donors (Lipinski definition) is 1. The van der Waals surface area contributed by atoms with Gasteiger partial charge in [0, 0.05) is 0 Å². The fraction of sp³-hybridized carbons (Fsp3) is 0.278. The van der Waals surface area contributed by atoms with Crippen LogP contribution in [-0.2, 0) is 4.79 Å². The van der Waals surface area contributed by atoms with Crippen molar-refractivity contribution in [2.45, 2.75) is 25.7 Å². The maximum Gasteiger partial charge on any atom is 0.314 e. The summed E-state index contributed by atoms with van der Waals surface area (Å²) in [6.07, 6.45) is 0. The van der Waals surface area contributed by atoms with E-state index in [9.17, 15) is 9.90 Å². The van der Waals surface area contributed by atoms with Crippen LogP contribution in [0.1, 0.15) is 36.8 Å². The van der Waals surface area contributed by atoms with Gasteiger partial charge in [-0.15, -0.1) is 0 Å². The molecule has 0 spiro atoms. The first-order valence-corrected chi connectivity index (χ1v) is 7.09. The van der Waals surface area contributed by atoms with E-state index in [0.717, 1.165) is 16.9 Å². The molecular formula is C18H20O3. The quantitative estimate of drug-likeness (QED) is 0.870. The molecule has 0 heterocycles. The van der Waals surface area contributed by atoms with E-state index in [1.807, 2.05) is 54.6 Å². The molecule has 2 aromatic carbocycles. The Morgan fingerprint density at radius 2 is 1.67 bits per heavy atom. The topological polar surface area (TPSA) is 46.5 Å². The zero-order chi connectivity index (χ0) is 15.2. The minimum atomic E-state index is -0.872. The van der Waals surface area contributed by atoms with Gasteiger partial charge in [0.25, 0.3) is 0 Å². The average molecular weight is 284 g/mol. The smallest absolute Gasteiger partial charge is 0.314 e. The van der Waals surface area contributed by atoms with Crippen molar-refractivity contribution in [2.24, 2.45) is 0 Å². The Kier molecular flexibility index (Phi) is 4.99. The summed E-state index contributed by atoms with van der Waals surface area (Å²) in [6, 6.07) is 17.0. The third kappa shape index (κ3) is 3.85. The number of carboxylic acids is 1. The molecule has 0 aliphatic rings. The van der Waals surface area contributed by atoms with Gasteiger partial charge in [-0.05, 0) is 23.1 Å². The van der Waals surface area contributed by atoms with Crippen molar-refractivity contribution in [3.05, 3.63) is 65.7 Å². The van der Waals surface area contributed by atoms with Crippen molar-refractivity contribution in [1.82, 2.24) is 0 Å². The Bertz CT molecular complexity index is 590. The van der Waals surface area contributed by atoms with E-state index in [2.05, 4.69) is 13.8 Å². The van der Waals surface area contributed by atoms with E-state index in [1.54, 1.807) is 0 Å². The molecule has 0 aliphatic heterocycles. The van der Waals surface area contributed by atoms with Crippen LogP contribution in [0.4, 0.5) is 0 Å². The van der Waals surface area contributed by atoms with E-state index in [0.29, 0.717) is 5.92 Å². The highest BCUT2D eigenvalue weighted by Crippen LogP contribution is 2.27. The predicted octanol–water partition coefficient (Wildman–Crippen LogP) is 4.06. The molecule has 1 atom stereocenters. The third-order valence-electron chi connectivity index (χ3n) is 3.45. The first kappa shape index (κ1) is 15.1. The highest BCUT2D eigenvalue weighted by Gasteiger charge is 2.21. The van der Waals surface area contributed by atoms with Gasteiger partial charge in [-0.1, -0.05) is 62.4 Å². The van der Waals surface area contributed by atoms with Crippen LogP contribution in [0.15, 0.2) is 54.6 Å². The molecule has 3 nitrogen and oxygen atoms in total. The summed E-state index contributed by atoms with van der Waals surface area (Å²) in [5.74, 6) is -0.439. The molecular weight excluding hydrogens is 264 g/mol. The second-order valence-electron chi connectivity index (χ2n) is 5.31. The van der Waals surface area contributed by atoms with E-state index in [4.69, 9.17) is 4.74 Å². The largest absolute Gasteiger partial charge is 0.492 e. The fourth-order valence-electron chi connectivity index (χ4n) is 2.26. The van der Waals surface area contributed by atoms with E-state index in [1.165, 1.54) is 0 Å². The maximum absolute atomic E-state index is 11.5. The Balaban J connectivity index is 2.15. The Morgan fingerprint density at radius 1 is 1.05 bits per heavy atom. The van der Waals surface area contributed by atoms with Crippen LogP contribution in [0.3, 0.4) is 0 Å². The SMILES string of the molecule is CC(C)c1ccccc1OCC(C(=O)O)c1ccccc1. The summed E-state index contributed by atoms with van der Waals surface area (Å²) in [7, 11) is 0. The minimum Gasteiger partial charge on any atom is -0.492 e. The van der Waals surface area contributed by atoms with Gasteiger partial charge in [0.05, 0.1) is 0 Å². The molecule has 0 amide bonds. The van der Waals surface area contributed by atoms with Gasteiger partial charge in [0.2, 0.25) is 0 Å². The summed E-state index contributed by atoms with van der Waals surface area (Å²) in [5.41, 5.74) is 1.85. The van der Waals surface area contributed by atoms with Gasteiger partial charge in [-0.25, -0.2) is 0 Å². The lowest BCUT2D eigenvalue weighted by Crippen LogP contribution is -2.19. The van der Waals surface area contributed by atoms with E-state index >= 15 is 0 Å². The highest BCUT2D eigenvalue weighted by molar-refractivity contribution is 5.76. The molecule has 21 heavy (non-hydrogen) atoms. The molecule has 2 rings (SSSR count). The monoisotopic (exact) mass is 284 g/mol. The number of benzene rings is 2. The van der Waals surface area contributed by atoms with Crippen molar-refractivity contribution in [3.8, 4) is 5.75 Å². The number of hydrogen-bond acceptors (Lipinski definition) is 2. The molecule has 2 aromatic rings. The van der Waals surface area contributed by atoms with Gasteiger partial charge in [0.1, 0.15) is 18.3 Å². The molecule has 0 fully saturated rings. The van der Waals surface area contributed by atoms with Crippen LogP contribution >= 0.6 is 0 Å². The molecule has 0 bridgehead atoms. The fourth-order valence-corrected chi connectivity index (χ4v) is 2.26. The molecule has 1 unspecified atom stereocenters. The van der Waals surface area contributed by atoms with Crippen LogP contribution < -0.4 is 4.74 Å². The Hall–Kier alpha value is -2.29. The molecule has 0 saturated carbocycles.